The highest BCUT2D eigenvalue weighted by Crippen LogP contribution is 2.40. The normalized spacial score (nSPS) is 13.3. The van der Waals surface area contributed by atoms with Crippen LogP contribution in [0.2, 0.25) is 0 Å². The molecular formula is C25H20N2O3. The Balaban J connectivity index is 1.33. The molecular weight excluding hydrogens is 376 g/mol. The highest BCUT2D eigenvalue weighted by molar-refractivity contribution is 6.06. The molecule has 0 atom stereocenters. The van der Waals surface area contributed by atoms with E-state index in [4.69, 9.17) is 4.74 Å². The summed E-state index contributed by atoms with van der Waals surface area (Å²) in [5.41, 5.74) is 2.84. The molecule has 5 rings (SSSR count). The van der Waals surface area contributed by atoms with E-state index in [1.807, 2.05) is 72.8 Å². The predicted octanol–water partition coefficient (Wildman–Crippen LogP) is 5.06. The lowest BCUT2D eigenvalue weighted by Crippen LogP contribution is -2.21. The van der Waals surface area contributed by atoms with Crippen LogP contribution in [0.1, 0.15) is 34.8 Å². The van der Waals surface area contributed by atoms with Crippen molar-refractivity contribution in [3.05, 3.63) is 84.1 Å². The van der Waals surface area contributed by atoms with Crippen LogP contribution < -0.4 is 5.32 Å². The third-order valence-electron chi connectivity index (χ3n) is 5.35. The number of hydrogen-bond acceptors (Lipinski definition) is 4. The first-order chi connectivity index (χ1) is 14.7. The van der Waals surface area contributed by atoms with Gasteiger partial charge >= 0.3 is 5.97 Å². The molecule has 4 aromatic rings. The zero-order valence-electron chi connectivity index (χ0n) is 16.3. The van der Waals surface area contributed by atoms with Crippen LogP contribution in [-0.2, 0) is 9.53 Å². The summed E-state index contributed by atoms with van der Waals surface area (Å²) >= 11 is 0. The Morgan fingerprint density at radius 3 is 2.50 bits per heavy atom. The van der Waals surface area contributed by atoms with Gasteiger partial charge in [-0.15, -0.1) is 0 Å². The van der Waals surface area contributed by atoms with E-state index in [0.717, 1.165) is 40.2 Å². The van der Waals surface area contributed by atoms with Gasteiger partial charge in [0.15, 0.2) is 6.61 Å². The number of anilines is 1. The van der Waals surface area contributed by atoms with Crippen molar-refractivity contribution in [2.45, 2.75) is 18.8 Å². The Bertz CT molecular complexity index is 1270. The molecule has 0 bridgehead atoms. The predicted molar refractivity (Wildman–Crippen MR) is 117 cm³/mol. The molecule has 1 aliphatic carbocycles. The van der Waals surface area contributed by atoms with Crippen molar-refractivity contribution in [2.75, 3.05) is 11.9 Å². The third-order valence-corrected chi connectivity index (χ3v) is 5.35. The maximum absolute atomic E-state index is 12.8. The summed E-state index contributed by atoms with van der Waals surface area (Å²) in [6.07, 6.45) is 2.18. The van der Waals surface area contributed by atoms with E-state index in [2.05, 4.69) is 10.3 Å². The number of esters is 1. The molecule has 1 amide bonds. The number of amides is 1. The van der Waals surface area contributed by atoms with Crippen molar-refractivity contribution < 1.29 is 14.3 Å². The van der Waals surface area contributed by atoms with Gasteiger partial charge in [-0.1, -0.05) is 54.6 Å². The summed E-state index contributed by atoms with van der Waals surface area (Å²) in [6.45, 7) is -0.350. The van der Waals surface area contributed by atoms with E-state index in [1.54, 1.807) is 0 Å². The van der Waals surface area contributed by atoms with Gasteiger partial charge in [-0.05, 0) is 36.4 Å². The Hall–Kier alpha value is -3.73. The number of aromatic nitrogens is 1. The van der Waals surface area contributed by atoms with Crippen molar-refractivity contribution in [1.29, 1.82) is 0 Å². The van der Waals surface area contributed by atoms with Gasteiger partial charge in [-0.2, -0.15) is 0 Å². The maximum atomic E-state index is 12.8. The molecule has 5 heteroatoms. The Labute approximate surface area is 173 Å². The SMILES string of the molecule is O=C(COC(=O)c1cc(C2CC2)nc2ccccc12)Nc1cccc2ccccc12. The monoisotopic (exact) mass is 396 g/mol. The van der Waals surface area contributed by atoms with Gasteiger partial charge in [-0.25, -0.2) is 4.79 Å². The summed E-state index contributed by atoms with van der Waals surface area (Å²) in [6, 6.07) is 22.8. The molecule has 5 nitrogen and oxygen atoms in total. The average molecular weight is 396 g/mol. The van der Waals surface area contributed by atoms with E-state index in [9.17, 15) is 9.59 Å². The van der Waals surface area contributed by atoms with Crippen molar-refractivity contribution in [2.24, 2.45) is 0 Å². The fourth-order valence-corrected chi connectivity index (χ4v) is 3.68. The van der Waals surface area contributed by atoms with E-state index >= 15 is 0 Å². The number of nitrogens with zero attached hydrogens (tertiary/aromatic N) is 1. The summed E-state index contributed by atoms with van der Waals surface area (Å²) in [5, 5.41) is 5.55. The van der Waals surface area contributed by atoms with Crippen LogP contribution in [0.15, 0.2) is 72.8 Å². The molecule has 1 saturated carbocycles. The zero-order chi connectivity index (χ0) is 20.5. The van der Waals surface area contributed by atoms with Crippen LogP contribution in [0.3, 0.4) is 0 Å². The fraction of sp³-hybridized carbons (Fsp3) is 0.160. The van der Waals surface area contributed by atoms with Gasteiger partial charge in [0.1, 0.15) is 0 Å². The summed E-state index contributed by atoms with van der Waals surface area (Å²) < 4.78 is 5.36. The highest BCUT2D eigenvalue weighted by Gasteiger charge is 2.27. The molecule has 0 spiro atoms. The number of fused-ring (bicyclic) bond motifs is 2. The molecule has 0 saturated heterocycles. The van der Waals surface area contributed by atoms with Gasteiger partial charge in [0.25, 0.3) is 5.91 Å². The topological polar surface area (TPSA) is 68.3 Å². The van der Waals surface area contributed by atoms with Crippen LogP contribution in [0.25, 0.3) is 21.7 Å². The first-order valence-electron chi connectivity index (χ1n) is 10.0. The quantitative estimate of drug-likeness (QED) is 0.479. The maximum Gasteiger partial charge on any atom is 0.339 e. The third kappa shape index (κ3) is 3.62. The zero-order valence-corrected chi connectivity index (χ0v) is 16.3. The minimum Gasteiger partial charge on any atom is -0.452 e. The molecule has 30 heavy (non-hydrogen) atoms. The largest absolute Gasteiger partial charge is 0.452 e. The molecule has 1 heterocycles. The van der Waals surface area contributed by atoms with Gasteiger partial charge < -0.3 is 10.1 Å². The number of carbonyl (C=O) groups is 2. The lowest BCUT2D eigenvalue weighted by molar-refractivity contribution is -0.119. The highest BCUT2D eigenvalue weighted by atomic mass is 16.5. The second-order valence-electron chi connectivity index (χ2n) is 7.54. The average Bonchev–Trinajstić information content (AvgIpc) is 3.62. The van der Waals surface area contributed by atoms with Crippen molar-refractivity contribution in [3.8, 4) is 0 Å². The minimum atomic E-state index is -0.511. The fourth-order valence-electron chi connectivity index (χ4n) is 3.68. The molecule has 1 aromatic heterocycles. The number of rotatable bonds is 5. The molecule has 148 valence electrons. The standard InChI is InChI=1S/C25H20N2O3/c28-24(27-21-11-5-7-16-6-1-2-8-18(16)21)15-30-25(29)20-14-23(17-12-13-17)26-22-10-4-3-9-19(20)22/h1-11,14,17H,12-13,15H2,(H,27,28). The van der Waals surface area contributed by atoms with E-state index < -0.39 is 5.97 Å². The Morgan fingerprint density at radius 1 is 0.933 bits per heavy atom. The number of nitrogens with one attached hydrogen (secondary N) is 1. The molecule has 0 unspecified atom stereocenters. The second kappa shape index (κ2) is 7.59. The van der Waals surface area contributed by atoms with Crippen LogP contribution >= 0.6 is 0 Å². The first kappa shape index (κ1) is 18.3. The molecule has 0 radical (unpaired) electrons. The number of para-hydroxylation sites is 1. The van der Waals surface area contributed by atoms with Gasteiger partial charge in [0.2, 0.25) is 0 Å². The van der Waals surface area contributed by atoms with E-state index in [0.29, 0.717) is 17.2 Å². The number of pyridine rings is 1. The molecule has 3 aromatic carbocycles. The van der Waals surface area contributed by atoms with Gasteiger partial charge in [0, 0.05) is 28.1 Å². The van der Waals surface area contributed by atoms with Crippen molar-refractivity contribution in [3.63, 3.8) is 0 Å². The first-order valence-corrected chi connectivity index (χ1v) is 10.0. The summed E-state index contributed by atoms with van der Waals surface area (Å²) in [7, 11) is 0. The molecule has 1 aliphatic rings. The number of hydrogen-bond donors (Lipinski definition) is 1. The van der Waals surface area contributed by atoms with Gasteiger partial charge in [-0.3, -0.25) is 9.78 Å². The number of carbonyl (C=O) groups excluding carboxylic acids is 2. The Morgan fingerprint density at radius 2 is 1.67 bits per heavy atom. The van der Waals surface area contributed by atoms with Crippen molar-refractivity contribution >= 4 is 39.2 Å². The van der Waals surface area contributed by atoms with Crippen molar-refractivity contribution in [1.82, 2.24) is 4.98 Å². The summed E-state index contributed by atoms with van der Waals surface area (Å²) in [4.78, 5) is 29.9. The molecule has 0 aliphatic heterocycles. The molecule has 1 N–H and O–H groups in total. The number of ether oxygens (including phenoxy) is 1. The van der Waals surface area contributed by atoms with E-state index in [-0.39, 0.29) is 12.5 Å². The Kier molecular flexibility index (Phi) is 4.64. The van der Waals surface area contributed by atoms with Crippen LogP contribution in [-0.4, -0.2) is 23.5 Å². The van der Waals surface area contributed by atoms with Crippen LogP contribution in [0, 0.1) is 0 Å². The summed E-state index contributed by atoms with van der Waals surface area (Å²) in [5.74, 6) is -0.472. The van der Waals surface area contributed by atoms with Crippen LogP contribution in [0.5, 0.6) is 0 Å². The van der Waals surface area contributed by atoms with E-state index in [1.165, 1.54) is 0 Å². The lowest BCUT2D eigenvalue weighted by atomic mass is 10.1. The van der Waals surface area contributed by atoms with Gasteiger partial charge in [0.05, 0.1) is 11.1 Å². The minimum absolute atomic E-state index is 0.350. The lowest BCUT2D eigenvalue weighted by Gasteiger charge is -2.11. The molecule has 1 fully saturated rings. The smallest absolute Gasteiger partial charge is 0.339 e. The number of benzene rings is 3. The van der Waals surface area contributed by atoms with Crippen LogP contribution in [0.4, 0.5) is 5.69 Å². The second-order valence-corrected chi connectivity index (χ2v) is 7.54.